The summed E-state index contributed by atoms with van der Waals surface area (Å²) in [5, 5.41) is 7.98. The molecule has 3 aromatic heterocycles. The largest absolute Gasteiger partial charge is 0.334 e. The molecule has 0 saturated carbocycles. The van der Waals surface area contributed by atoms with Crippen LogP contribution in [0.5, 0.6) is 0 Å². The molecule has 0 aliphatic heterocycles. The number of pyridine rings is 2. The molecule has 0 fully saturated rings. The van der Waals surface area contributed by atoms with E-state index in [4.69, 9.17) is 16.1 Å². The maximum Gasteiger partial charge on any atom is 0.259 e. The van der Waals surface area contributed by atoms with Crippen molar-refractivity contribution in [3.63, 3.8) is 0 Å². The minimum absolute atomic E-state index is 0.170. The summed E-state index contributed by atoms with van der Waals surface area (Å²) in [5.74, 6) is 0.221. The highest BCUT2D eigenvalue weighted by atomic mass is 35.5. The molecule has 0 atom stereocenters. The lowest BCUT2D eigenvalue weighted by molar-refractivity contribution is -0.116. The zero-order valence-electron chi connectivity index (χ0n) is 17.1. The molecule has 1 N–H and O–H groups in total. The zero-order valence-corrected chi connectivity index (χ0v) is 17.9. The van der Waals surface area contributed by atoms with E-state index in [1.165, 1.54) is 10.6 Å². The van der Waals surface area contributed by atoms with Crippen LogP contribution in [0.4, 0.5) is 5.69 Å². The highest BCUT2D eigenvalue weighted by Crippen LogP contribution is 2.28. The van der Waals surface area contributed by atoms with Gasteiger partial charge in [-0.15, -0.1) is 0 Å². The van der Waals surface area contributed by atoms with Crippen LogP contribution in [0.25, 0.3) is 33.7 Å². The first-order valence-corrected chi connectivity index (χ1v) is 10.4. The van der Waals surface area contributed by atoms with Gasteiger partial charge in [-0.3, -0.25) is 19.1 Å². The van der Waals surface area contributed by atoms with E-state index in [0.717, 1.165) is 0 Å². The minimum Gasteiger partial charge on any atom is -0.334 e. The fourth-order valence-electron chi connectivity index (χ4n) is 3.53. The molecule has 0 spiro atoms. The van der Waals surface area contributed by atoms with Crippen LogP contribution < -0.4 is 10.9 Å². The maximum absolute atomic E-state index is 13.0. The molecule has 5 rings (SSSR count). The normalized spacial score (nSPS) is 10.9. The molecule has 33 heavy (non-hydrogen) atoms. The zero-order chi connectivity index (χ0) is 22.8. The second kappa shape index (κ2) is 8.68. The van der Waals surface area contributed by atoms with Crippen molar-refractivity contribution in [1.82, 2.24) is 19.7 Å². The van der Waals surface area contributed by atoms with Crippen molar-refractivity contribution in [3.8, 4) is 22.8 Å². The molecule has 2 aromatic carbocycles. The van der Waals surface area contributed by atoms with Gasteiger partial charge in [-0.25, -0.2) is 0 Å². The monoisotopic (exact) mass is 457 g/mol. The van der Waals surface area contributed by atoms with Crippen LogP contribution in [0.3, 0.4) is 0 Å². The lowest BCUT2D eigenvalue weighted by Crippen LogP contribution is -2.27. The van der Waals surface area contributed by atoms with Gasteiger partial charge in [0, 0.05) is 40.1 Å². The summed E-state index contributed by atoms with van der Waals surface area (Å²) in [6, 6.07) is 19.0. The van der Waals surface area contributed by atoms with Crippen LogP contribution in [-0.2, 0) is 11.3 Å². The number of aromatic nitrogens is 4. The van der Waals surface area contributed by atoms with E-state index in [2.05, 4.69) is 20.4 Å². The van der Waals surface area contributed by atoms with Crippen LogP contribution in [0.2, 0.25) is 5.02 Å². The number of para-hydroxylation sites is 1. The van der Waals surface area contributed by atoms with Gasteiger partial charge >= 0.3 is 0 Å². The summed E-state index contributed by atoms with van der Waals surface area (Å²) in [7, 11) is 0. The van der Waals surface area contributed by atoms with Crippen molar-refractivity contribution in [2.75, 3.05) is 5.32 Å². The fraction of sp³-hybridized carbons (Fsp3) is 0.0417. The van der Waals surface area contributed by atoms with Gasteiger partial charge in [0.05, 0.1) is 11.1 Å². The van der Waals surface area contributed by atoms with Crippen LogP contribution in [-0.4, -0.2) is 25.6 Å². The molecule has 9 heteroatoms. The van der Waals surface area contributed by atoms with E-state index in [1.807, 2.05) is 18.2 Å². The molecule has 5 aromatic rings. The number of nitrogens with one attached hydrogen (secondary N) is 1. The Hall–Kier alpha value is -4.30. The van der Waals surface area contributed by atoms with Gasteiger partial charge in [0.25, 0.3) is 11.4 Å². The number of benzene rings is 2. The van der Waals surface area contributed by atoms with Gasteiger partial charge in [-0.05, 0) is 36.4 Å². The number of fused-ring (bicyclic) bond motifs is 1. The molecule has 0 bridgehead atoms. The quantitative estimate of drug-likeness (QED) is 0.419. The molecule has 162 valence electrons. The molecule has 0 saturated heterocycles. The number of anilines is 1. The highest BCUT2D eigenvalue weighted by molar-refractivity contribution is 6.30. The van der Waals surface area contributed by atoms with Crippen molar-refractivity contribution in [3.05, 3.63) is 94.5 Å². The SMILES string of the molecule is O=C(Cn1c(=O)cc(-c2nc(-c3cccnc3)no2)c2ccccc21)Nc1cccc(Cl)c1. The number of rotatable bonds is 5. The first kappa shape index (κ1) is 20.6. The number of carbonyl (C=O) groups is 1. The molecule has 0 unspecified atom stereocenters. The lowest BCUT2D eigenvalue weighted by atomic mass is 10.1. The summed E-state index contributed by atoms with van der Waals surface area (Å²) in [6.07, 6.45) is 3.28. The Kier molecular flexibility index (Phi) is 5.42. The van der Waals surface area contributed by atoms with Gasteiger partial charge in [0.2, 0.25) is 11.7 Å². The first-order chi connectivity index (χ1) is 16.1. The smallest absolute Gasteiger partial charge is 0.259 e. The summed E-state index contributed by atoms with van der Waals surface area (Å²) < 4.78 is 6.85. The third-order valence-electron chi connectivity index (χ3n) is 5.01. The Labute approximate surface area is 192 Å². The molecular weight excluding hydrogens is 442 g/mol. The molecule has 0 radical (unpaired) electrons. The summed E-state index contributed by atoms with van der Waals surface area (Å²) in [6.45, 7) is -0.170. The topological polar surface area (TPSA) is 103 Å². The average Bonchev–Trinajstić information content (AvgIpc) is 3.31. The number of carbonyl (C=O) groups excluding carboxylic acids is 1. The van der Waals surface area contributed by atoms with E-state index >= 15 is 0 Å². The summed E-state index contributed by atoms with van der Waals surface area (Å²) in [4.78, 5) is 34.2. The first-order valence-electron chi connectivity index (χ1n) is 10.0. The summed E-state index contributed by atoms with van der Waals surface area (Å²) in [5.41, 5.74) is 1.94. The lowest BCUT2D eigenvalue weighted by Gasteiger charge is -2.12. The summed E-state index contributed by atoms with van der Waals surface area (Å²) >= 11 is 5.98. The molecule has 3 heterocycles. The number of nitrogens with zero attached hydrogens (tertiary/aromatic N) is 4. The van der Waals surface area contributed by atoms with Gasteiger partial charge in [-0.2, -0.15) is 4.98 Å². The van der Waals surface area contributed by atoms with Crippen molar-refractivity contribution in [2.45, 2.75) is 6.54 Å². The molecule has 1 amide bonds. The number of halogens is 1. The average molecular weight is 458 g/mol. The number of hydrogen-bond donors (Lipinski definition) is 1. The Balaban J connectivity index is 1.51. The van der Waals surface area contributed by atoms with Gasteiger partial charge in [-0.1, -0.05) is 41.0 Å². The van der Waals surface area contributed by atoms with Crippen LogP contribution >= 0.6 is 11.6 Å². The Morgan fingerprint density at radius 2 is 1.94 bits per heavy atom. The van der Waals surface area contributed by atoms with Crippen molar-refractivity contribution in [1.29, 1.82) is 0 Å². The van der Waals surface area contributed by atoms with E-state index < -0.39 is 0 Å². The van der Waals surface area contributed by atoms with Crippen molar-refractivity contribution in [2.24, 2.45) is 0 Å². The van der Waals surface area contributed by atoms with Crippen LogP contribution in [0, 0.1) is 0 Å². The fourth-order valence-corrected chi connectivity index (χ4v) is 3.72. The van der Waals surface area contributed by atoms with Crippen LogP contribution in [0.1, 0.15) is 0 Å². The molecule has 0 aliphatic rings. The van der Waals surface area contributed by atoms with Gasteiger partial charge in [0.1, 0.15) is 6.54 Å². The number of hydrogen-bond acceptors (Lipinski definition) is 6. The molecule has 8 nitrogen and oxygen atoms in total. The molecule has 0 aliphatic carbocycles. The highest BCUT2D eigenvalue weighted by Gasteiger charge is 2.18. The van der Waals surface area contributed by atoms with Gasteiger partial charge in [0.15, 0.2) is 0 Å². The van der Waals surface area contributed by atoms with E-state index in [0.29, 0.717) is 38.6 Å². The second-order valence-corrected chi connectivity index (χ2v) is 7.66. The Morgan fingerprint density at radius 1 is 1.06 bits per heavy atom. The van der Waals surface area contributed by atoms with E-state index in [1.54, 1.807) is 54.9 Å². The van der Waals surface area contributed by atoms with E-state index in [9.17, 15) is 9.59 Å². The van der Waals surface area contributed by atoms with Crippen LogP contribution in [0.15, 0.2) is 88.4 Å². The third-order valence-corrected chi connectivity index (χ3v) is 5.24. The maximum atomic E-state index is 13.0. The number of amides is 1. The molecular formula is C24H16ClN5O3. The second-order valence-electron chi connectivity index (χ2n) is 7.22. The van der Waals surface area contributed by atoms with Crippen molar-refractivity contribution < 1.29 is 9.32 Å². The van der Waals surface area contributed by atoms with E-state index in [-0.39, 0.29) is 23.9 Å². The standard InChI is InChI=1S/C24H16ClN5O3/c25-16-6-3-7-17(11-16)27-21(31)14-30-20-9-2-1-8-18(20)19(12-22(30)32)24-28-23(29-33-24)15-5-4-10-26-13-15/h1-13H,14H2,(H,27,31). The van der Waals surface area contributed by atoms with Gasteiger partial charge < -0.3 is 9.84 Å². The predicted molar refractivity (Wildman–Crippen MR) is 125 cm³/mol. The Morgan fingerprint density at radius 3 is 2.76 bits per heavy atom. The Bertz CT molecular complexity index is 1530. The minimum atomic E-state index is -0.369. The van der Waals surface area contributed by atoms with Crippen molar-refractivity contribution >= 4 is 34.1 Å². The predicted octanol–water partition coefficient (Wildman–Crippen LogP) is 4.41. The third kappa shape index (κ3) is 4.24.